The number of rotatable bonds is 4. The molecule has 0 heteroatoms. The largest absolute Gasteiger partial charge is 0.0622 e. The summed E-state index contributed by atoms with van der Waals surface area (Å²) in [6.45, 7) is 4.62. The first-order valence-corrected chi connectivity index (χ1v) is 11.7. The Hall–Kier alpha value is -3.64. The van der Waals surface area contributed by atoms with Crippen molar-refractivity contribution in [2.45, 2.75) is 26.7 Å². The average Bonchev–Trinajstić information content (AvgIpc) is 3.19. The van der Waals surface area contributed by atoms with E-state index in [1.165, 1.54) is 66.4 Å². The van der Waals surface area contributed by atoms with E-state index in [0.717, 1.165) is 12.8 Å². The molecule has 154 valence electrons. The molecule has 0 bridgehead atoms. The van der Waals surface area contributed by atoms with Gasteiger partial charge in [0.2, 0.25) is 0 Å². The molecule has 0 saturated heterocycles. The lowest BCUT2D eigenvalue weighted by atomic mass is 9.79. The van der Waals surface area contributed by atoms with Crippen LogP contribution in [0.15, 0.2) is 97.1 Å². The lowest BCUT2D eigenvalue weighted by molar-refractivity contribution is 1.10. The van der Waals surface area contributed by atoms with E-state index in [0.29, 0.717) is 0 Å². The first-order chi connectivity index (χ1) is 15.8. The molecule has 1 aliphatic carbocycles. The SMILES string of the molecule is CCc1c(-c2ccccc2)c(CC)c2c(c1-c1ccccc1)-c1cccc3cccc-2c13. The molecule has 5 aromatic rings. The van der Waals surface area contributed by atoms with Gasteiger partial charge in [0, 0.05) is 0 Å². The topological polar surface area (TPSA) is 0 Å². The van der Waals surface area contributed by atoms with Crippen LogP contribution in [0.5, 0.6) is 0 Å². The molecule has 0 saturated carbocycles. The quantitative estimate of drug-likeness (QED) is 0.272. The van der Waals surface area contributed by atoms with Gasteiger partial charge < -0.3 is 0 Å². The van der Waals surface area contributed by atoms with Gasteiger partial charge in [0.05, 0.1) is 0 Å². The minimum absolute atomic E-state index is 1.00. The highest BCUT2D eigenvalue weighted by Crippen LogP contribution is 2.56. The third-order valence-corrected chi connectivity index (χ3v) is 6.98. The normalized spacial score (nSPS) is 11.7. The van der Waals surface area contributed by atoms with Crippen molar-refractivity contribution in [1.29, 1.82) is 0 Å². The maximum atomic E-state index is 2.33. The Balaban J connectivity index is 1.87. The zero-order chi connectivity index (χ0) is 21.7. The molecule has 0 nitrogen and oxygen atoms in total. The maximum Gasteiger partial charge on any atom is -0.00142 e. The summed E-state index contributed by atoms with van der Waals surface area (Å²) in [7, 11) is 0. The Bertz CT molecular complexity index is 1450. The zero-order valence-corrected chi connectivity index (χ0v) is 18.7. The van der Waals surface area contributed by atoms with Crippen LogP contribution in [0.4, 0.5) is 0 Å². The van der Waals surface area contributed by atoms with Gasteiger partial charge in [-0.25, -0.2) is 0 Å². The van der Waals surface area contributed by atoms with Crippen molar-refractivity contribution in [3.8, 4) is 44.5 Å². The molecule has 1 aliphatic rings. The average molecular weight is 411 g/mol. The summed E-state index contributed by atoms with van der Waals surface area (Å²) >= 11 is 0. The van der Waals surface area contributed by atoms with Gasteiger partial charge in [0.15, 0.2) is 0 Å². The summed E-state index contributed by atoms with van der Waals surface area (Å²) < 4.78 is 0. The van der Waals surface area contributed by atoms with Gasteiger partial charge in [-0.2, -0.15) is 0 Å². The highest BCUT2D eigenvalue weighted by molar-refractivity contribution is 6.20. The summed E-state index contributed by atoms with van der Waals surface area (Å²) in [6, 6.07) is 35.6. The summed E-state index contributed by atoms with van der Waals surface area (Å²) in [5.74, 6) is 0. The Morgan fingerprint density at radius 3 is 1.50 bits per heavy atom. The van der Waals surface area contributed by atoms with Gasteiger partial charge in [-0.05, 0) is 79.2 Å². The Labute approximate surface area is 190 Å². The molecular formula is C32H26. The van der Waals surface area contributed by atoms with Gasteiger partial charge in [0.25, 0.3) is 0 Å². The first kappa shape index (κ1) is 19.1. The van der Waals surface area contributed by atoms with Crippen LogP contribution in [-0.4, -0.2) is 0 Å². The van der Waals surface area contributed by atoms with Crippen LogP contribution in [0.3, 0.4) is 0 Å². The van der Waals surface area contributed by atoms with Crippen molar-refractivity contribution in [2.75, 3.05) is 0 Å². The van der Waals surface area contributed by atoms with Crippen molar-refractivity contribution >= 4 is 10.8 Å². The first-order valence-electron chi connectivity index (χ1n) is 11.7. The molecule has 0 spiro atoms. The second-order valence-corrected chi connectivity index (χ2v) is 8.61. The van der Waals surface area contributed by atoms with Crippen molar-refractivity contribution in [2.24, 2.45) is 0 Å². The molecule has 0 fully saturated rings. The maximum absolute atomic E-state index is 2.33. The van der Waals surface area contributed by atoms with Crippen LogP contribution >= 0.6 is 0 Å². The molecule has 0 heterocycles. The van der Waals surface area contributed by atoms with E-state index in [1.807, 2.05) is 0 Å². The highest BCUT2D eigenvalue weighted by atomic mass is 14.3. The monoisotopic (exact) mass is 410 g/mol. The second kappa shape index (κ2) is 7.50. The van der Waals surface area contributed by atoms with Crippen LogP contribution in [-0.2, 0) is 12.8 Å². The van der Waals surface area contributed by atoms with Crippen LogP contribution in [0.25, 0.3) is 55.3 Å². The molecule has 32 heavy (non-hydrogen) atoms. The molecule has 6 rings (SSSR count). The molecule has 0 N–H and O–H groups in total. The van der Waals surface area contributed by atoms with Gasteiger partial charge >= 0.3 is 0 Å². The lowest BCUT2D eigenvalue weighted by Gasteiger charge is -2.24. The molecule has 5 aromatic carbocycles. The molecule has 0 aromatic heterocycles. The van der Waals surface area contributed by atoms with Gasteiger partial charge in [-0.15, -0.1) is 0 Å². The lowest BCUT2D eigenvalue weighted by Crippen LogP contribution is -2.02. The number of fused-ring (bicyclic) bond motifs is 3. The fraction of sp³-hybridized carbons (Fsp3) is 0.125. The highest BCUT2D eigenvalue weighted by Gasteiger charge is 2.31. The van der Waals surface area contributed by atoms with Crippen LogP contribution in [0, 0.1) is 0 Å². The third kappa shape index (κ3) is 2.63. The minimum atomic E-state index is 1.00. The van der Waals surface area contributed by atoms with Crippen molar-refractivity contribution in [3.05, 3.63) is 108 Å². The van der Waals surface area contributed by atoms with Crippen LogP contribution < -0.4 is 0 Å². The number of hydrogen-bond acceptors (Lipinski definition) is 0. The van der Waals surface area contributed by atoms with Gasteiger partial charge in [0.1, 0.15) is 0 Å². The van der Waals surface area contributed by atoms with E-state index >= 15 is 0 Å². The van der Waals surface area contributed by atoms with E-state index in [2.05, 4.69) is 111 Å². The van der Waals surface area contributed by atoms with Crippen molar-refractivity contribution in [1.82, 2.24) is 0 Å². The number of hydrogen-bond donors (Lipinski definition) is 0. The second-order valence-electron chi connectivity index (χ2n) is 8.61. The van der Waals surface area contributed by atoms with E-state index in [-0.39, 0.29) is 0 Å². The molecule has 0 amide bonds. The van der Waals surface area contributed by atoms with Crippen molar-refractivity contribution < 1.29 is 0 Å². The fourth-order valence-electron chi connectivity index (χ4n) is 5.77. The Morgan fingerprint density at radius 2 is 0.938 bits per heavy atom. The van der Waals surface area contributed by atoms with E-state index in [9.17, 15) is 0 Å². The predicted octanol–water partition coefficient (Wildman–Crippen LogP) is 8.95. The summed E-state index contributed by atoms with van der Waals surface area (Å²) in [6.07, 6.45) is 2.01. The predicted molar refractivity (Wildman–Crippen MR) is 138 cm³/mol. The zero-order valence-electron chi connectivity index (χ0n) is 18.7. The molecule has 0 radical (unpaired) electrons. The van der Waals surface area contributed by atoms with Gasteiger partial charge in [-0.1, -0.05) is 111 Å². The summed E-state index contributed by atoms with van der Waals surface area (Å²) in [5, 5.41) is 2.74. The molecule has 0 atom stereocenters. The molecule has 0 unspecified atom stereocenters. The Kier molecular flexibility index (Phi) is 4.47. The van der Waals surface area contributed by atoms with Gasteiger partial charge in [-0.3, -0.25) is 0 Å². The van der Waals surface area contributed by atoms with Crippen LogP contribution in [0.2, 0.25) is 0 Å². The van der Waals surface area contributed by atoms with E-state index < -0.39 is 0 Å². The number of benzene rings is 5. The van der Waals surface area contributed by atoms with E-state index in [1.54, 1.807) is 0 Å². The smallest absolute Gasteiger partial charge is 0.00142 e. The third-order valence-electron chi connectivity index (χ3n) is 6.98. The van der Waals surface area contributed by atoms with Crippen LogP contribution in [0.1, 0.15) is 25.0 Å². The minimum Gasteiger partial charge on any atom is -0.0622 e. The van der Waals surface area contributed by atoms with Crippen molar-refractivity contribution in [3.63, 3.8) is 0 Å². The molecule has 0 aliphatic heterocycles. The fourth-order valence-corrected chi connectivity index (χ4v) is 5.77. The summed E-state index contributed by atoms with van der Waals surface area (Å²) in [5.41, 5.74) is 14.0. The van der Waals surface area contributed by atoms with E-state index in [4.69, 9.17) is 0 Å². The standard InChI is InChI=1S/C32H26/c1-3-24-28(21-13-7-5-8-14-21)25(4-2)31-26-19-11-17-22-18-12-20-27(29(22)26)32(31)30(24)23-15-9-6-10-16-23/h5-20H,3-4H2,1-2H3. The summed E-state index contributed by atoms with van der Waals surface area (Å²) in [4.78, 5) is 0. The molecular weight excluding hydrogens is 384 g/mol. The Morgan fingerprint density at radius 1 is 0.438 bits per heavy atom.